The molecule has 16 heavy (non-hydrogen) atoms. The zero-order valence-corrected chi connectivity index (χ0v) is 8.93. The first-order chi connectivity index (χ1) is 7.79. The van der Waals surface area contributed by atoms with E-state index in [0.29, 0.717) is 11.6 Å². The number of anilines is 1. The Morgan fingerprint density at radius 2 is 2.25 bits per heavy atom. The van der Waals surface area contributed by atoms with Gasteiger partial charge in [-0.3, -0.25) is 0 Å². The first kappa shape index (κ1) is 10.8. The molecule has 1 heterocycles. The fourth-order valence-electron chi connectivity index (χ4n) is 1.94. The summed E-state index contributed by atoms with van der Waals surface area (Å²) in [5.41, 5.74) is 0.336. The van der Waals surface area contributed by atoms with E-state index in [1.165, 1.54) is 0 Å². The molecule has 0 bridgehead atoms. The van der Waals surface area contributed by atoms with Gasteiger partial charge in [-0.25, -0.2) is 9.97 Å². The Labute approximate surface area is 94.2 Å². The second-order valence-electron chi connectivity index (χ2n) is 3.98. The molecule has 5 heteroatoms. The summed E-state index contributed by atoms with van der Waals surface area (Å²) >= 11 is 0. The summed E-state index contributed by atoms with van der Waals surface area (Å²) in [6, 6.07) is 3.52. The number of hydrogen-bond donors (Lipinski definition) is 2. The number of nitriles is 1. The molecule has 5 nitrogen and oxygen atoms in total. The highest BCUT2D eigenvalue weighted by molar-refractivity contribution is 5.31. The maximum absolute atomic E-state index is 9.77. The lowest BCUT2D eigenvalue weighted by Gasteiger charge is -2.28. The van der Waals surface area contributed by atoms with E-state index in [1.54, 1.807) is 12.3 Å². The van der Waals surface area contributed by atoms with Crippen LogP contribution >= 0.6 is 0 Å². The van der Waals surface area contributed by atoms with Crippen LogP contribution in [-0.2, 0) is 0 Å². The number of hydrogen-bond acceptors (Lipinski definition) is 5. The van der Waals surface area contributed by atoms with Gasteiger partial charge in [0, 0.05) is 6.20 Å². The third kappa shape index (κ3) is 2.47. The van der Waals surface area contributed by atoms with E-state index in [-0.39, 0.29) is 12.1 Å². The molecule has 1 aromatic heterocycles. The molecule has 2 atom stereocenters. The quantitative estimate of drug-likeness (QED) is 0.775. The summed E-state index contributed by atoms with van der Waals surface area (Å²) < 4.78 is 0. The van der Waals surface area contributed by atoms with Gasteiger partial charge in [0.05, 0.1) is 12.1 Å². The van der Waals surface area contributed by atoms with Crippen LogP contribution in [0.5, 0.6) is 0 Å². The smallest absolute Gasteiger partial charge is 0.224 e. The highest BCUT2D eigenvalue weighted by Gasteiger charge is 2.23. The van der Waals surface area contributed by atoms with Crippen LogP contribution in [0.15, 0.2) is 12.3 Å². The first-order valence-corrected chi connectivity index (χ1v) is 5.47. The minimum absolute atomic E-state index is 0.00249. The molecule has 1 aromatic rings. The number of nitrogens with zero attached hydrogens (tertiary/aromatic N) is 3. The number of aliphatic hydroxyl groups excluding tert-OH is 1. The topological polar surface area (TPSA) is 81.8 Å². The van der Waals surface area contributed by atoms with Crippen LogP contribution in [0.2, 0.25) is 0 Å². The first-order valence-electron chi connectivity index (χ1n) is 5.47. The van der Waals surface area contributed by atoms with E-state index in [1.807, 2.05) is 6.07 Å². The average molecular weight is 218 g/mol. The molecule has 0 amide bonds. The number of aromatic nitrogens is 2. The summed E-state index contributed by atoms with van der Waals surface area (Å²) in [5, 5.41) is 21.6. The lowest BCUT2D eigenvalue weighted by Crippen LogP contribution is -2.36. The second kappa shape index (κ2) is 4.90. The van der Waals surface area contributed by atoms with Crippen molar-refractivity contribution in [2.75, 3.05) is 5.32 Å². The predicted molar refractivity (Wildman–Crippen MR) is 58.6 cm³/mol. The molecule has 1 aliphatic carbocycles. The third-order valence-corrected chi connectivity index (χ3v) is 2.81. The van der Waals surface area contributed by atoms with E-state index in [2.05, 4.69) is 15.3 Å². The lowest BCUT2D eigenvalue weighted by molar-refractivity contribution is 0.116. The van der Waals surface area contributed by atoms with Gasteiger partial charge in [0.25, 0.3) is 0 Å². The van der Waals surface area contributed by atoms with Crippen LogP contribution < -0.4 is 5.32 Å². The van der Waals surface area contributed by atoms with Gasteiger partial charge >= 0.3 is 0 Å². The van der Waals surface area contributed by atoms with Gasteiger partial charge in [0.1, 0.15) is 11.8 Å². The number of rotatable bonds is 2. The van der Waals surface area contributed by atoms with Crippen molar-refractivity contribution in [3.05, 3.63) is 18.0 Å². The lowest BCUT2D eigenvalue weighted by atomic mass is 9.93. The summed E-state index contributed by atoms with van der Waals surface area (Å²) in [7, 11) is 0. The molecule has 2 unspecified atom stereocenters. The van der Waals surface area contributed by atoms with E-state index < -0.39 is 0 Å². The van der Waals surface area contributed by atoms with E-state index in [9.17, 15) is 5.11 Å². The van der Waals surface area contributed by atoms with Gasteiger partial charge in [-0.15, -0.1) is 0 Å². The summed E-state index contributed by atoms with van der Waals surface area (Å²) in [6.45, 7) is 0. The van der Waals surface area contributed by atoms with Crippen LogP contribution in [0.25, 0.3) is 0 Å². The normalized spacial score (nSPS) is 24.8. The molecule has 1 aliphatic rings. The molecule has 0 radical (unpaired) electrons. The molecular weight excluding hydrogens is 204 g/mol. The summed E-state index contributed by atoms with van der Waals surface area (Å²) in [5.74, 6) is 0.421. The summed E-state index contributed by atoms with van der Waals surface area (Å²) in [4.78, 5) is 8.06. The Bertz CT molecular complexity index is 401. The highest BCUT2D eigenvalue weighted by Crippen LogP contribution is 2.20. The molecule has 1 saturated carbocycles. The molecule has 1 fully saturated rings. The average Bonchev–Trinajstić information content (AvgIpc) is 2.32. The van der Waals surface area contributed by atoms with E-state index >= 15 is 0 Å². The standard InChI is InChI=1S/C11H14N4O/c12-7-8-5-6-13-11(14-8)15-9-3-1-2-4-10(9)16/h5-6,9-10,16H,1-4H2,(H,13,14,15). The number of aliphatic hydroxyl groups is 1. The van der Waals surface area contributed by atoms with E-state index in [4.69, 9.17) is 5.26 Å². The molecule has 2 rings (SSSR count). The third-order valence-electron chi connectivity index (χ3n) is 2.81. The zero-order valence-electron chi connectivity index (χ0n) is 8.93. The fraction of sp³-hybridized carbons (Fsp3) is 0.545. The van der Waals surface area contributed by atoms with Crippen LogP contribution in [0.1, 0.15) is 31.4 Å². The second-order valence-corrected chi connectivity index (χ2v) is 3.98. The van der Waals surface area contributed by atoms with Crippen LogP contribution in [0, 0.1) is 11.3 Å². The van der Waals surface area contributed by atoms with Crippen LogP contribution in [-0.4, -0.2) is 27.2 Å². The largest absolute Gasteiger partial charge is 0.391 e. The molecule has 2 N–H and O–H groups in total. The molecule has 0 aliphatic heterocycles. The summed E-state index contributed by atoms with van der Waals surface area (Å²) in [6.07, 6.45) is 5.11. The minimum Gasteiger partial charge on any atom is -0.391 e. The van der Waals surface area contributed by atoms with Gasteiger partial charge in [0.15, 0.2) is 0 Å². The van der Waals surface area contributed by atoms with Crippen molar-refractivity contribution in [2.45, 2.75) is 37.8 Å². The maximum atomic E-state index is 9.77. The highest BCUT2D eigenvalue weighted by atomic mass is 16.3. The van der Waals surface area contributed by atoms with Gasteiger partial charge < -0.3 is 10.4 Å². The molecule has 0 aromatic carbocycles. The molecular formula is C11H14N4O. The Hall–Kier alpha value is -1.67. The van der Waals surface area contributed by atoms with Crippen molar-refractivity contribution in [3.63, 3.8) is 0 Å². The Kier molecular flexibility index (Phi) is 3.32. The van der Waals surface area contributed by atoms with Gasteiger partial charge in [-0.05, 0) is 18.9 Å². The van der Waals surface area contributed by atoms with Crippen molar-refractivity contribution in [1.82, 2.24) is 9.97 Å². The van der Waals surface area contributed by atoms with Crippen molar-refractivity contribution in [3.8, 4) is 6.07 Å². The number of nitrogens with one attached hydrogen (secondary N) is 1. The maximum Gasteiger partial charge on any atom is 0.224 e. The Morgan fingerprint density at radius 1 is 1.44 bits per heavy atom. The van der Waals surface area contributed by atoms with Gasteiger partial charge in [-0.1, -0.05) is 12.8 Å². The Morgan fingerprint density at radius 3 is 3.00 bits per heavy atom. The zero-order chi connectivity index (χ0) is 11.4. The Balaban J connectivity index is 2.05. The minimum atomic E-state index is -0.344. The van der Waals surface area contributed by atoms with Crippen molar-refractivity contribution in [1.29, 1.82) is 5.26 Å². The van der Waals surface area contributed by atoms with Crippen molar-refractivity contribution < 1.29 is 5.11 Å². The fourth-order valence-corrected chi connectivity index (χ4v) is 1.94. The van der Waals surface area contributed by atoms with Crippen LogP contribution in [0.3, 0.4) is 0 Å². The van der Waals surface area contributed by atoms with Crippen molar-refractivity contribution in [2.24, 2.45) is 0 Å². The molecule has 84 valence electrons. The molecule has 0 saturated heterocycles. The SMILES string of the molecule is N#Cc1ccnc(NC2CCCCC2O)n1. The van der Waals surface area contributed by atoms with Crippen molar-refractivity contribution >= 4 is 5.95 Å². The van der Waals surface area contributed by atoms with E-state index in [0.717, 1.165) is 25.7 Å². The predicted octanol–water partition coefficient (Wildman–Crippen LogP) is 1.06. The monoisotopic (exact) mass is 218 g/mol. The van der Waals surface area contributed by atoms with Gasteiger partial charge in [0.2, 0.25) is 5.95 Å². The van der Waals surface area contributed by atoms with Crippen LogP contribution in [0.4, 0.5) is 5.95 Å². The molecule has 0 spiro atoms. The van der Waals surface area contributed by atoms with Gasteiger partial charge in [-0.2, -0.15) is 5.26 Å².